The molecule has 1 amide bonds. The summed E-state index contributed by atoms with van der Waals surface area (Å²) in [7, 11) is 0. The number of benzene rings is 2. The van der Waals surface area contributed by atoms with Gasteiger partial charge in [-0.2, -0.15) is 0 Å². The van der Waals surface area contributed by atoms with Crippen molar-refractivity contribution in [2.75, 3.05) is 11.9 Å². The Morgan fingerprint density at radius 1 is 1.14 bits per heavy atom. The van der Waals surface area contributed by atoms with E-state index in [1.165, 1.54) is 0 Å². The summed E-state index contributed by atoms with van der Waals surface area (Å²) in [6, 6.07) is 10.6. The van der Waals surface area contributed by atoms with E-state index in [1.807, 2.05) is 32.0 Å². The molecule has 0 bridgehead atoms. The van der Waals surface area contributed by atoms with Crippen molar-refractivity contribution in [3.63, 3.8) is 0 Å². The van der Waals surface area contributed by atoms with Crippen molar-refractivity contribution in [2.45, 2.75) is 13.8 Å². The summed E-state index contributed by atoms with van der Waals surface area (Å²) >= 11 is 11.7. The molecule has 0 aliphatic carbocycles. The Hall–Kier alpha value is -1.71. The van der Waals surface area contributed by atoms with Gasteiger partial charge in [0.15, 0.2) is 6.61 Å². The fraction of sp³-hybridized carbons (Fsp3) is 0.188. The third-order valence-electron chi connectivity index (χ3n) is 3.14. The number of anilines is 1. The Morgan fingerprint density at radius 2 is 1.90 bits per heavy atom. The lowest BCUT2D eigenvalue weighted by atomic mass is 10.1. The van der Waals surface area contributed by atoms with Crippen LogP contribution in [0.1, 0.15) is 11.1 Å². The summed E-state index contributed by atoms with van der Waals surface area (Å²) in [5.41, 5.74) is 2.95. The predicted octanol–water partition coefficient (Wildman–Crippen LogP) is 4.63. The summed E-state index contributed by atoms with van der Waals surface area (Å²) in [4.78, 5) is 11.9. The molecule has 0 spiro atoms. The van der Waals surface area contributed by atoms with Crippen LogP contribution >= 0.6 is 23.2 Å². The number of carbonyl (C=O) groups excluding carboxylic acids is 1. The monoisotopic (exact) mass is 323 g/mol. The molecule has 0 atom stereocenters. The smallest absolute Gasteiger partial charge is 0.262 e. The number of carbonyl (C=O) groups is 1. The number of ether oxygens (including phenoxy) is 1. The Morgan fingerprint density at radius 3 is 2.62 bits per heavy atom. The average molecular weight is 324 g/mol. The van der Waals surface area contributed by atoms with E-state index in [-0.39, 0.29) is 12.5 Å². The van der Waals surface area contributed by atoms with E-state index < -0.39 is 0 Å². The van der Waals surface area contributed by atoms with Crippen LogP contribution < -0.4 is 10.1 Å². The molecule has 0 aliphatic heterocycles. The third-order valence-corrected chi connectivity index (χ3v) is 3.88. The van der Waals surface area contributed by atoms with Crippen LogP contribution in [0.25, 0.3) is 0 Å². The van der Waals surface area contributed by atoms with Crippen molar-refractivity contribution < 1.29 is 9.53 Å². The number of nitrogens with one attached hydrogen (secondary N) is 1. The first kappa shape index (κ1) is 15.7. The SMILES string of the molecule is Cc1cccc(NC(=O)COc2ccc(Cl)c(Cl)c2)c1C. The zero-order chi connectivity index (χ0) is 15.4. The molecule has 1 N–H and O–H groups in total. The number of amides is 1. The first-order chi connectivity index (χ1) is 9.97. The Kier molecular flexibility index (Phi) is 5.10. The van der Waals surface area contributed by atoms with Crippen molar-refractivity contribution in [2.24, 2.45) is 0 Å². The van der Waals surface area contributed by atoms with E-state index in [0.717, 1.165) is 16.8 Å². The normalized spacial score (nSPS) is 10.3. The second-order valence-electron chi connectivity index (χ2n) is 4.66. The van der Waals surface area contributed by atoms with E-state index >= 15 is 0 Å². The molecule has 0 aliphatic rings. The summed E-state index contributed by atoms with van der Waals surface area (Å²) in [5, 5.41) is 3.66. The van der Waals surface area contributed by atoms with Crippen LogP contribution in [0, 0.1) is 13.8 Å². The first-order valence-electron chi connectivity index (χ1n) is 6.41. The van der Waals surface area contributed by atoms with Crippen LogP contribution in [-0.4, -0.2) is 12.5 Å². The first-order valence-corrected chi connectivity index (χ1v) is 7.17. The third kappa shape index (κ3) is 4.13. The van der Waals surface area contributed by atoms with Crippen molar-refractivity contribution >= 4 is 34.8 Å². The molecule has 2 rings (SSSR count). The maximum Gasteiger partial charge on any atom is 0.262 e. The van der Waals surface area contributed by atoms with E-state index in [9.17, 15) is 4.79 Å². The highest BCUT2D eigenvalue weighted by Gasteiger charge is 2.07. The molecule has 0 radical (unpaired) electrons. The highest BCUT2D eigenvalue weighted by atomic mass is 35.5. The molecule has 3 nitrogen and oxygen atoms in total. The van der Waals surface area contributed by atoms with Gasteiger partial charge < -0.3 is 10.1 Å². The van der Waals surface area contributed by atoms with Gasteiger partial charge in [0.05, 0.1) is 10.0 Å². The fourth-order valence-corrected chi connectivity index (χ4v) is 2.08. The van der Waals surface area contributed by atoms with Gasteiger partial charge in [-0.1, -0.05) is 35.3 Å². The predicted molar refractivity (Wildman–Crippen MR) is 86.5 cm³/mol. The molecular formula is C16H15Cl2NO2. The fourth-order valence-electron chi connectivity index (χ4n) is 1.79. The maximum atomic E-state index is 11.9. The van der Waals surface area contributed by atoms with E-state index in [4.69, 9.17) is 27.9 Å². The lowest BCUT2D eigenvalue weighted by Gasteiger charge is -2.11. The van der Waals surface area contributed by atoms with E-state index in [0.29, 0.717) is 15.8 Å². The lowest BCUT2D eigenvalue weighted by molar-refractivity contribution is -0.118. The molecule has 0 heterocycles. The van der Waals surface area contributed by atoms with Crippen LogP contribution in [0.15, 0.2) is 36.4 Å². The van der Waals surface area contributed by atoms with Gasteiger partial charge in [-0.05, 0) is 43.2 Å². The van der Waals surface area contributed by atoms with Crippen LogP contribution in [-0.2, 0) is 4.79 Å². The van der Waals surface area contributed by atoms with Crippen LogP contribution in [0.4, 0.5) is 5.69 Å². The molecule has 110 valence electrons. The van der Waals surface area contributed by atoms with Gasteiger partial charge in [0.1, 0.15) is 5.75 Å². The zero-order valence-electron chi connectivity index (χ0n) is 11.7. The summed E-state index contributed by atoms with van der Waals surface area (Å²) < 4.78 is 5.39. The van der Waals surface area contributed by atoms with Crippen LogP contribution in [0.5, 0.6) is 5.75 Å². The minimum absolute atomic E-state index is 0.0919. The number of rotatable bonds is 4. The van der Waals surface area contributed by atoms with Crippen LogP contribution in [0.2, 0.25) is 10.0 Å². The quantitative estimate of drug-likeness (QED) is 0.890. The van der Waals surface area contributed by atoms with Gasteiger partial charge in [0, 0.05) is 11.8 Å². The topological polar surface area (TPSA) is 38.3 Å². The molecule has 21 heavy (non-hydrogen) atoms. The molecule has 0 saturated heterocycles. The molecule has 2 aromatic rings. The molecule has 0 unspecified atom stereocenters. The Bertz CT molecular complexity index is 671. The number of halogens is 2. The minimum atomic E-state index is -0.227. The summed E-state index contributed by atoms with van der Waals surface area (Å²) in [6.07, 6.45) is 0. The highest BCUT2D eigenvalue weighted by Crippen LogP contribution is 2.26. The van der Waals surface area contributed by atoms with Gasteiger partial charge >= 0.3 is 0 Å². The molecule has 0 aromatic heterocycles. The van der Waals surface area contributed by atoms with Crippen LogP contribution in [0.3, 0.4) is 0 Å². The van der Waals surface area contributed by atoms with Crippen molar-refractivity contribution in [1.29, 1.82) is 0 Å². The van der Waals surface area contributed by atoms with Gasteiger partial charge in [-0.3, -0.25) is 4.79 Å². The minimum Gasteiger partial charge on any atom is -0.484 e. The molecule has 0 fully saturated rings. The maximum absolute atomic E-state index is 11.9. The highest BCUT2D eigenvalue weighted by molar-refractivity contribution is 6.42. The standard InChI is InChI=1S/C16H15Cl2NO2/c1-10-4-3-5-15(11(10)2)19-16(20)9-21-12-6-7-13(17)14(18)8-12/h3-8H,9H2,1-2H3,(H,19,20). The van der Waals surface area contributed by atoms with Gasteiger partial charge in [0.25, 0.3) is 5.91 Å². The molecule has 2 aromatic carbocycles. The largest absolute Gasteiger partial charge is 0.484 e. The Balaban J connectivity index is 1.96. The summed E-state index contributed by atoms with van der Waals surface area (Å²) in [6.45, 7) is 3.87. The number of hydrogen-bond acceptors (Lipinski definition) is 2. The summed E-state index contributed by atoms with van der Waals surface area (Å²) in [5.74, 6) is 0.273. The molecule has 5 heteroatoms. The second-order valence-corrected chi connectivity index (χ2v) is 5.47. The zero-order valence-corrected chi connectivity index (χ0v) is 13.3. The van der Waals surface area contributed by atoms with Crippen molar-refractivity contribution in [3.8, 4) is 5.75 Å². The van der Waals surface area contributed by atoms with E-state index in [1.54, 1.807) is 18.2 Å². The van der Waals surface area contributed by atoms with Crippen molar-refractivity contribution in [1.82, 2.24) is 0 Å². The average Bonchev–Trinajstić information content (AvgIpc) is 2.45. The van der Waals surface area contributed by atoms with Gasteiger partial charge in [-0.15, -0.1) is 0 Å². The molecule has 0 saturated carbocycles. The number of aryl methyl sites for hydroxylation is 1. The second kappa shape index (κ2) is 6.83. The van der Waals surface area contributed by atoms with E-state index in [2.05, 4.69) is 5.32 Å². The molecular weight excluding hydrogens is 309 g/mol. The van der Waals surface area contributed by atoms with Crippen molar-refractivity contribution in [3.05, 3.63) is 57.6 Å². The Labute approximate surface area is 133 Å². The van der Waals surface area contributed by atoms with Gasteiger partial charge in [-0.25, -0.2) is 0 Å². The van der Waals surface area contributed by atoms with Gasteiger partial charge in [0.2, 0.25) is 0 Å². The lowest BCUT2D eigenvalue weighted by Crippen LogP contribution is -2.20. The number of hydrogen-bond donors (Lipinski definition) is 1.